The average molecular weight is 317 g/mol. The van der Waals surface area contributed by atoms with Crippen molar-refractivity contribution >= 4 is 0 Å². The second-order valence-corrected chi connectivity index (χ2v) is 6.39. The third-order valence-corrected chi connectivity index (χ3v) is 5.29. The molecule has 24 heavy (non-hydrogen) atoms. The summed E-state index contributed by atoms with van der Waals surface area (Å²) in [5, 5.41) is 24.6. The Morgan fingerprint density at radius 1 is 1.25 bits per heavy atom. The van der Waals surface area contributed by atoms with E-state index in [2.05, 4.69) is 32.9 Å². The molecule has 0 amide bonds. The number of fused-ring (bicyclic) bond motifs is 4. The molecule has 0 fully saturated rings. The lowest BCUT2D eigenvalue weighted by Gasteiger charge is -2.34. The molecule has 5 rings (SSSR count). The number of nitrogens with zero attached hydrogens (tertiary/aromatic N) is 5. The second kappa shape index (κ2) is 4.79. The smallest absolute Gasteiger partial charge is 0.103 e. The monoisotopic (exact) mass is 317 g/mol. The summed E-state index contributed by atoms with van der Waals surface area (Å²) in [7, 11) is 0. The van der Waals surface area contributed by atoms with E-state index in [0.717, 1.165) is 12.1 Å². The number of aryl methyl sites for hydroxylation is 1. The molecule has 2 aliphatic rings. The van der Waals surface area contributed by atoms with E-state index in [0.29, 0.717) is 17.8 Å². The molecular formula is C18H15N5O. The zero-order chi connectivity index (χ0) is 16.3. The van der Waals surface area contributed by atoms with Gasteiger partial charge in [0.1, 0.15) is 12.2 Å². The molecule has 0 saturated heterocycles. The maximum Gasteiger partial charge on any atom is 0.103 e. The zero-order valence-electron chi connectivity index (χ0n) is 12.9. The largest absolute Gasteiger partial charge is 0.386 e. The van der Waals surface area contributed by atoms with E-state index in [1.165, 1.54) is 11.1 Å². The average Bonchev–Trinajstić information content (AvgIpc) is 3.29. The summed E-state index contributed by atoms with van der Waals surface area (Å²) in [6.07, 6.45) is 5.34. The van der Waals surface area contributed by atoms with Gasteiger partial charge in [-0.1, -0.05) is 24.3 Å². The molecule has 0 aliphatic carbocycles. The number of aliphatic hydroxyl groups excluding tert-OH is 1. The highest BCUT2D eigenvalue weighted by Crippen LogP contribution is 2.49. The van der Waals surface area contributed by atoms with Crippen molar-refractivity contribution in [2.45, 2.75) is 25.1 Å². The number of imidazole rings is 1. The third-order valence-electron chi connectivity index (χ3n) is 5.29. The normalized spacial score (nSPS) is 24.1. The van der Waals surface area contributed by atoms with Gasteiger partial charge in [-0.2, -0.15) is 10.4 Å². The summed E-state index contributed by atoms with van der Waals surface area (Å²) >= 11 is 0. The minimum Gasteiger partial charge on any atom is -0.386 e. The number of hydrogen-bond acceptors (Lipinski definition) is 4. The lowest BCUT2D eigenvalue weighted by atomic mass is 9.82. The van der Waals surface area contributed by atoms with Crippen LogP contribution in [0.2, 0.25) is 0 Å². The van der Waals surface area contributed by atoms with E-state index in [1.807, 2.05) is 24.7 Å². The Morgan fingerprint density at radius 3 is 3.00 bits per heavy atom. The second-order valence-electron chi connectivity index (χ2n) is 6.39. The van der Waals surface area contributed by atoms with Crippen LogP contribution in [-0.4, -0.2) is 24.4 Å². The van der Waals surface area contributed by atoms with Gasteiger partial charge in [-0.15, -0.1) is 0 Å². The number of aromatic nitrogens is 4. The van der Waals surface area contributed by atoms with Crippen molar-refractivity contribution in [2.24, 2.45) is 5.92 Å². The van der Waals surface area contributed by atoms with Crippen molar-refractivity contribution in [3.63, 3.8) is 0 Å². The first-order valence-electron chi connectivity index (χ1n) is 8.04. The van der Waals surface area contributed by atoms with Crippen LogP contribution in [-0.2, 0) is 6.54 Å². The van der Waals surface area contributed by atoms with Gasteiger partial charge < -0.3 is 9.67 Å². The van der Waals surface area contributed by atoms with Crippen LogP contribution < -0.4 is 0 Å². The van der Waals surface area contributed by atoms with Gasteiger partial charge in [-0.3, -0.25) is 4.68 Å². The van der Waals surface area contributed by atoms with E-state index >= 15 is 0 Å². The molecule has 1 aromatic carbocycles. The van der Waals surface area contributed by atoms with Crippen LogP contribution >= 0.6 is 0 Å². The molecule has 0 saturated carbocycles. The first kappa shape index (κ1) is 13.5. The minimum atomic E-state index is -0.720. The molecule has 6 nitrogen and oxygen atoms in total. The first-order valence-corrected chi connectivity index (χ1v) is 8.04. The molecule has 2 aromatic heterocycles. The number of aliphatic hydroxyl groups is 1. The Kier molecular flexibility index (Phi) is 2.70. The van der Waals surface area contributed by atoms with Crippen LogP contribution in [0.1, 0.15) is 35.4 Å². The molecule has 4 heterocycles. The van der Waals surface area contributed by atoms with Gasteiger partial charge in [0.15, 0.2) is 0 Å². The van der Waals surface area contributed by atoms with Crippen LogP contribution in [0.3, 0.4) is 0 Å². The van der Waals surface area contributed by atoms with Crippen molar-refractivity contribution in [3.8, 4) is 17.3 Å². The van der Waals surface area contributed by atoms with Crippen LogP contribution in [0.4, 0.5) is 0 Å². The SMILES string of the molecule is N#Cc1cnn2c1C(O)[C@H]([C@@H]1c3ccccc3-c3cncn31)CC2. The van der Waals surface area contributed by atoms with Crippen molar-refractivity contribution in [1.82, 2.24) is 19.3 Å². The maximum absolute atomic E-state index is 11.0. The summed E-state index contributed by atoms with van der Waals surface area (Å²) in [4.78, 5) is 4.29. The molecule has 3 aromatic rings. The molecule has 2 aliphatic heterocycles. The number of rotatable bonds is 1. The van der Waals surface area contributed by atoms with Gasteiger partial charge in [0.2, 0.25) is 0 Å². The number of nitriles is 1. The lowest BCUT2D eigenvalue weighted by Crippen LogP contribution is -2.31. The Morgan fingerprint density at radius 2 is 2.12 bits per heavy atom. The lowest BCUT2D eigenvalue weighted by molar-refractivity contribution is 0.0523. The molecule has 0 spiro atoms. The topological polar surface area (TPSA) is 79.7 Å². The van der Waals surface area contributed by atoms with Gasteiger partial charge in [-0.05, 0) is 12.0 Å². The molecule has 3 atom stereocenters. The third kappa shape index (κ3) is 1.62. The van der Waals surface area contributed by atoms with E-state index in [9.17, 15) is 10.4 Å². The molecule has 0 bridgehead atoms. The van der Waals surface area contributed by atoms with E-state index in [1.54, 1.807) is 10.9 Å². The van der Waals surface area contributed by atoms with E-state index < -0.39 is 6.10 Å². The standard InChI is InChI=1S/C18H15N5O/c19-7-11-8-21-23-6-5-14(18(24)16(11)23)17-13-4-2-1-3-12(13)15-9-20-10-22(15)17/h1-4,8-10,14,17-18,24H,5-6H2/t14-,17-,18?/m0/s1. The van der Waals surface area contributed by atoms with Gasteiger partial charge in [0.05, 0.1) is 41.7 Å². The number of hydrogen-bond donors (Lipinski definition) is 1. The molecule has 0 radical (unpaired) electrons. The number of benzene rings is 1. The molecule has 118 valence electrons. The van der Waals surface area contributed by atoms with Crippen molar-refractivity contribution < 1.29 is 5.11 Å². The highest BCUT2D eigenvalue weighted by molar-refractivity contribution is 5.69. The summed E-state index contributed by atoms with van der Waals surface area (Å²) < 4.78 is 3.91. The Hall–Kier alpha value is -2.91. The molecule has 1 N–H and O–H groups in total. The summed E-state index contributed by atoms with van der Waals surface area (Å²) in [6, 6.07) is 10.5. The predicted molar refractivity (Wildman–Crippen MR) is 85.8 cm³/mol. The van der Waals surface area contributed by atoms with Gasteiger partial charge in [0, 0.05) is 18.0 Å². The van der Waals surface area contributed by atoms with Crippen LogP contribution in [0.15, 0.2) is 43.0 Å². The summed E-state index contributed by atoms with van der Waals surface area (Å²) in [5.41, 5.74) is 4.57. The van der Waals surface area contributed by atoms with Crippen molar-refractivity contribution in [1.29, 1.82) is 5.26 Å². The van der Waals surface area contributed by atoms with Crippen LogP contribution in [0.25, 0.3) is 11.3 Å². The van der Waals surface area contributed by atoms with E-state index in [-0.39, 0.29) is 12.0 Å². The fourth-order valence-electron chi connectivity index (χ4n) is 4.24. The fraction of sp³-hybridized carbons (Fsp3) is 0.278. The van der Waals surface area contributed by atoms with Gasteiger partial charge >= 0.3 is 0 Å². The van der Waals surface area contributed by atoms with E-state index in [4.69, 9.17) is 0 Å². The Labute approximate surface area is 138 Å². The highest BCUT2D eigenvalue weighted by atomic mass is 16.3. The first-order chi connectivity index (χ1) is 11.8. The quantitative estimate of drug-likeness (QED) is 0.746. The summed E-state index contributed by atoms with van der Waals surface area (Å²) in [6.45, 7) is 0.710. The predicted octanol–water partition coefficient (Wildman–Crippen LogP) is 2.27. The van der Waals surface area contributed by atoms with Gasteiger partial charge in [0.25, 0.3) is 0 Å². The molecule has 6 heteroatoms. The maximum atomic E-state index is 11.0. The Balaban J connectivity index is 1.64. The van der Waals surface area contributed by atoms with Crippen molar-refractivity contribution in [3.05, 3.63) is 59.8 Å². The van der Waals surface area contributed by atoms with Crippen LogP contribution in [0, 0.1) is 17.2 Å². The molecule has 1 unspecified atom stereocenters. The highest BCUT2D eigenvalue weighted by Gasteiger charge is 2.41. The molecular weight excluding hydrogens is 302 g/mol. The Bertz CT molecular complexity index is 979. The van der Waals surface area contributed by atoms with Crippen molar-refractivity contribution in [2.75, 3.05) is 0 Å². The summed E-state index contributed by atoms with van der Waals surface area (Å²) in [5.74, 6) is -0.0158. The fourth-order valence-corrected chi connectivity index (χ4v) is 4.24. The zero-order valence-corrected chi connectivity index (χ0v) is 12.9. The van der Waals surface area contributed by atoms with Crippen LogP contribution in [0.5, 0.6) is 0 Å². The minimum absolute atomic E-state index is 0.0158. The van der Waals surface area contributed by atoms with Gasteiger partial charge in [-0.25, -0.2) is 4.98 Å².